The van der Waals surface area contributed by atoms with E-state index in [1.165, 1.54) is 15.8 Å². The Morgan fingerprint density at radius 3 is 3.00 bits per heavy atom. The van der Waals surface area contributed by atoms with Gasteiger partial charge in [0.05, 0.1) is 11.7 Å². The molecule has 0 bridgehead atoms. The summed E-state index contributed by atoms with van der Waals surface area (Å²) in [5.41, 5.74) is 1.34. The predicted molar refractivity (Wildman–Crippen MR) is 65.7 cm³/mol. The number of fused-ring (bicyclic) bond motifs is 3. The second kappa shape index (κ2) is 3.27. The van der Waals surface area contributed by atoms with Crippen LogP contribution in [-0.2, 0) is 0 Å². The van der Waals surface area contributed by atoms with Crippen LogP contribution in [0.25, 0.3) is 0 Å². The third-order valence-electron chi connectivity index (χ3n) is 3.00. The number of amidine groups is 1. The Balaban J connectivity index is 1.95. The average molecular weight is 218 g/mol. The van der Waals surface area contributed by atoms with E-state index in [4.69, 9.17) is 4.99 Å². The van der Waals surface area contributed by atoms with Gasteiger partial charge in [0.25, 0.3) is 0 Å². The molecule has 0 saturated heterocycles. The largest absolute Gasteiger partial charge is 0.318 e. The number of thioether (sulfide) groups is 1. The minimum atomic E-state index is 0.473. The average Bonchev–Trinajstić information content (AvgIpc) is 2.73. The maximum absolute atomic E-state index is 4.77. The van der Waals surface area contributed by atoms with Crippen LogP contribution in [-0.4, -0.2) is 17.8 Å². The van der Waals surface area contributed by atoms with Crippen molar-refractivity contribution in [1.82, 2.24) is 0 Å². The molecule has 15 heavy (non-hydrogen) atoms. The third kappa shape index (κ3) is 1.37. The molecule has 0 N–H and O–H groups in total. The molecule has 0 radical (unpaired) electrons. The Morgan fingerprint density at radius 1 is 1.40 bits per heavy atom. The summed E-state index contributed by atoms with van der Waals surface area (Å²) in [5.74, 6) is 0.635. The SMILES string of the molecule is CC(C)[C@@H]1CN2C(=N1)Sc1ccccc12. The van der Waals surface area contributed by atoms with E-state index in [2.05, 4.69) is 43.0 Å². The van der Waals surface area contributed by atoms with Gasteiger partial charge in [0.1, 0.15) is 0 Å². The maximum Gasteiger partial charge on any atom is 0.169 e. The highest BCUT2D eigenvalue weighted by molar-refractivity contribution is 8.14. The first kappa shape index (κ1) is 9.28. The van der Waals surface area contributed by atoms with Crippen LogP contribution in [0.1, 0.15) is 13.8 Å². The predicted octanol–water partition coefficient (Wildman–Crippen LogP) is 2.99. The van der Waals surface area contributed by atoms with E-state index in [0.29, 0.717) is 12.0 Å². The van der Waals surface area contributed by atoms with Crippen LogP contribution in [0.15, 0.2) is 34.2 Å². The van der Waals surface area contributed by atoms with Gasteiger partial charge in [0, 0.05) is 11.4 Å². The van der Waals surface area contributed by atoms with Crippen molar-refractivity contribution in [2.24, 2.45) is 10.9 Å². The van der Waals surface area contributed by atoms with Crippen LogP contribution < -0.4 is 4.90 Å². The van der Waals surface area contributed by atoms with Crippen LogP contribution in [0.3, 0.4) is 0 Å². The number of aliphatic imine (C=N–C) groups is 1. The van der Waals surface area contributed by atoms with Crippen LogP contribution >= 0.6 is 11.8 Å². The highest BCUT2D eigenvalue weighted by atomic mass is 32.2. The lowest BCUT2D eigenvalue weighted by atomic mass is 10.1. The first-order valence-corrected chi connectivity index (χ1v) is 6.19. The highest BCUT2D eigenvalue weighted by Gasteiger charge is 2.34. The van der Waals surface area contributed by atoms with Crippen molar-refractivity contribution in [2.45, 2.75) is 24.8 Å². The van der Waals surface area contributed by atoms with Crippen molar-refractivity contribution in [3.8, 4) is 0 Å². The zero-order valence-corrected chi connectivity index (χ0v) is 9.79. The molecule has 0 fully saturated rings. The van der Waals surface area contributed by atoms with E-state index in [0.717, 1.165) is 6.54 Å². The monoisotopic (exact) mass is 218 g/mol. The molecule has 78 valence electrons. The zero-order valence-electron chi connectivity index (χ0n) is 8.97. The second-order valence-corrected chi connectivity index (χ2v) is 5.41. The van der Waals surface area contributed by atoms with E-state index in [-0.39, 0.29) is 0 Å². The Bertz CT molecular complexity index is 425. The smallest absolute Gasteiger partial charge is 0.169 e. The summed E-state index contributed by atoms with van der Waals surface area (Å²) in [6.07, 6.45) is 0. The van der Waals surface area contributed by atoms with Crippen LogP contribution in [0.2, 0.25) is 0 Å². The molecule has 2 aliphatic rings. The molecule has 0 spiro atoms. The van der Waals surface area contributed by atoms with Gasteiger partial charge in [-0.25, -0.2) is 0 Å². The molecule has 3 heteroatoms. The van der Waals surface area contributed by atoms with Gasteiger partial charge in [0.2, 0.25) is 0 Å². The van der Waals surface area contributed by atoms with Gasteiger partial charge < -0.3 is 4.90 Å². The molecular weight excluding hydrogens is 204 g/mol. The van der Waals surface area contributed by atoms with Crippen LogP contribution in [0.4, 0.5) is 5.69 Å². The number of anilines is 1. The van der Waals surface area contributed by atoms with E-state index >= 15 is 0 Å². The van der Waals surface area contributed by atoms with E-state index < -0.39 is 0 Å². The number of rotatable bonds is 1. The molecule has 0 aliphatic carbocycles. The lowest BCUT2D eigenvalue weighted by Gasteiger charge is -2.16. The topological polar surface area (TPSA) is 15.6 Å². The van der Waals surface area contributed by atoms with Crippen molar-refractivity contribution in [3.05, 3.63) is 24.3 Å². The van der Waals surface area contributed by atoms with E-state index in [1.807, 2.05) is 0 Å². The highest BCUT2D eigenvalue weighted by Crippen LogP contribution is 2.43. The molecule has 2 aliphatic heterocycles. The first-order chi connectivity index (χ1) is 7.25. The quantitative estimate of drug-likeness (QED) is 0.720. The minimum absolute atomic E-state index is 0.473. The molecule has 1 aromatic rings. The number of nitrogens with zero attached hydrogens (tertiary/aromatic N) is 2. The van der Waals surface area contributed by atoms with Gasteiger partial charge in [-0.05, 0) is 29.8 Å². The van der Waals surface area contributed by atoms with E-state index in [9.17, 15) is 0 Å². The van der Waals surface area contributed by atoms with Crippen molar-refractivity contribution in [1.29, 1.82) is 0 Å². The van der Waals surface area contributed by atoms with Gasteiger partial charge in [-0.15, -0.1) is 0 Å². The molecule has 0 saturated carbocycles. The summed E-state index contributed by atoms with van der Waals surface area (Å²) < 4.78 is 0. The Morgan fingerprint density at radius 2 is 2.20 bits per heavy atom. The number of para-hydroxylation sites is 1. The summed E-state index contributed by atoms with van der Waals surface area (Å²) in [5, 5.41) is 1.19. The summed E-state index contributed by atoms with van der Waals surface area (Å²) in [6, 6.07) is 9.03. The normalized spacial score (nSPS) is 23.0. The van der Waals surface area contributed by atoms with Gasteiger partial charge in [-0.2, -0.15) is 0 Å². The minimum Gasteiger partial charge on any atom is -0.318 e. The maximum atomic E-state index is 4.77. The lowest BCUT2D eigenvalue weighted by molar-refractivity contribution is 0.521. The fourth-order valence-corrected chi connectivity index (χ4v) is 3.12. The fourth-order valence-electron chi connectivity index (χ4n) is 2.03. The first-order valence-electron chi connectivity index (χ1n) is 5.38. The van der Waals surface area contributed by atoms with Gasteiger partial charge >= 0.3 is 0 Å². The molecule has 0 aromatic heterocycles. The fraction of sp³-hybridized carbons (Fsp3) is 0.417. The Hall–Kier alpha value is -0.960. The molecule has 1 aromatic carbocycles. The standard InChI is InChI=1S/C12H14N2S/c1-8(2)9-7-14-10-5-3-4-6-11(10)15-12(14)13-9/h3-6,8-9H,7H2,1-2H3/t9-/m0/s1. The Kier molecular flexibility index (Phi) is 2.02. The van der Waals surface area contributed by atoms with Crippen molar-refractivity contribution in [2.75, 3.05) is 11.4 Å². The number of hydrogen-bond acceptors (Lipinski definition) is 3. The number of hydrogen-bond donors (Lipinski definition) is 0. The summed E-state index contributed by atoms with van der Waals surface area (Å²) in [6.45, 7) is 5.54. The van der Waals surface area contributed by atoms with E-state index in [1.54, 1.807) is 11.8 Å². The third-order valence-corrected chi connectivity index (χ3v) is 4.08. The molecule has 0 amide bonds. The molecule has 1 atom stereocenters. The molecule has 2 heterocycles. The summed E-state index contributed by atoms with van der Waals surface area (Å²) in [4.78, 5) is 8.47. The molecular formula is C12H14N2S. The van der Waals surface area contributed by atoms with Gasteiger partial charge in [-0.1, -0.05) is 26.0 Å². The van der Waals surface area contributed by atoms with Crippen molar-refractivity contribution >= 4 is 22.6 Å². The van der Waals surface area contributed by atoms with Crippen LogP contribution in [0.5, 0.6) is 0 Å². The van der Waals surface area contributed by atoms with Crippen molar-refractivity contribution < 1.29 is 0 Å². The van der Waals surface area contributed by atoms with Gasteiger partial charge in [-0.3, -0.25) is 4.99 Å². The zero-order chi connectivity index (χ0) is 10.4. The Labute approximate surface area is 94.4 Å². The van der Waals surface area contributed by atoms with Gasteiger partial charge in [0.15, 0.2) is 5.17 Å². The van der Waals surface area contributed by atoms with Crippen molar-refractivity contribution in [3.63, 3.8) is 0 Å². The lowest BCUT2D eigenvalue weighted by Crippen LogP contribution is -2.26. The number of benzene rings is 1. The molecule has 0 unspecified atom stereocenters. The second-order valence-electron chi connectivity index (χ2n) is 4.40. The van der Waals surface area contributed by atoms with Crippen LogP contribution in [0, 0.1) is 5.92 Å². The summed E-state index contributed by atoms with van der Waals surface area (Å²) >= 11 is 1.80. The molecule has 2 nitrogen and oxygen atoms in total. The summed E-state index contributed by atoms with van der Waals surface area (Å²) in [7, 11) is 0. The molecule has 3 rings (SSSR count).